The van der Waals surface area contributed by atoms with Gasteiger partial charge in [-0.3, -0.25) is 4.79 Å². The summed E-state index contributed by atoms with van der Waals surface area (Å²) in [7, 11) is 0. The van der Waals surface area contributed by atoms with Gasteiger partial charge in [0.05, 0.1) is 6.42 Å². The van der Waals surface area contributed by atoms with Crippen LogP contribution in [0.1, 0.15) is 30.9 Å². The fourth-order valence-electron chi connectivity index (χ4n) is 2.60. The first-order chi connectivity index (χ1) is 8.74. The Labute approximate surface area is 109 Å². The molecular weight excluding hydrogens is 224 g/mol. The van der Waals surface area contributed by atoms with E-state index in [9.17, 15) is 4.79 Å². The lowest BCUT2D eigenvalue weighted by molar-refractivity contribution is -0.129. The van der Waals surface area contributed by atoms with Crippen molar-refractivity contribution in [1.82, 2.24) is 4.90 Å². The lowest BCUT2D eigenvalue weighted by Gasteiger charge is -2.17. The van der Waals surface area contributed by atoms with Gasteiger partial charge in [0.2, 0.25) is 5.91 Å². The zero-order valence-corrected chi connectivity index (χ0v) is 11.1. The summed E-state index contributed by atoms with van der Waals surface area (Å²) in [6, 6.07) is 7.95. The van der Waals surface area contributed by atoms with E-state index in [-0.39, 0.29) is 5.91 Å². The Hall–Kier alpha value is -1.35. The Morgan fingerprint density at radius 2 is 2.11 bits per heavy atom. The second-order valence-corrected chi connectivity index (χ2v) is 5.05. The minimum atomic E-state index is 0.242. The molecule has 3 nitrogen and oxygen atoms in total. The maximum atomic E-state index is 12.2. The summed E-state index contributed by atoms with van der Waals surface area (Å²) in [5, 5.41) is 0. The van der Waals surface area contributed by atoms with Gasteiger partial charge < -0.3 is 10.6 Å². The van der Waals surface area contributed by atoms with E-state index in [2.05, 4.69) is 6.92 Å². The quantitative estimate of drug-likeness (QED) is 0.882. The fraction of sp³-hybridized carbons (Fsp3) is 0.533. The van der Waals surface area contributed by atoms with Crippen LogP contribution >= 0.6 is 0 Å². The largest absolute Gasteiger partial charge is 0.342 e. The highest BCUT2D eigenvalue weighted by atomic mass is 16.2. The van der Waals surface area contributed by atoms with Gasteiger partial charge in [0.15, 0.2) is 0 Å². The van der Waals surface area contributed by atoms with Gasteiger partial charge in [-0.25, -0.2) is 0 Å². The van der Waals surface area contributed by atoms with Crippen LogP contribution in [0, 0.1) is 5.92 Å². The fourth-order valence-corrected chi connectivity index (χ4v) is 2.60. The molecule has 1 aliphatic heterocycles. The van der Waals surface area contributed by atoms with E-state index in [1.54, 1.807) is 0 Å². The molecule has 1 atom stereocenters. The van der Waals surface area contributed by atoms with Crippen molar-refractivity contribution in [2.45, 2.75) is 32.7 Å². The first-order valence-corrected chi connectivity index (χ1v) is 6.79. The van der Waals surface area contributed by atoms with Crippen molar-refractivity contribution in [3.8, 4) is 0 Å². The van der Waals surface area contributed by atoms with Gasteiger partial charge in [-0.15, -0.1) is 0 Å². The topological polar surface area (TPSA) is 46.3 Å². The molecule has 2 N–H and O–H groups in total. The average molecular weight is 246 g/mol. The molecule has 1 saturated heterocycles. The summed E-state index contributed by atoms with van der Waals surface area (Å²) in [5.74, 6) is 0.936. The Balaban J connectivity index is 1.99. The zero-order valence-electron chi connectivity index (χ0n) is 11.1. The predicted octanol–water partition coefficient (Wildman–Crippen LogP) is 1.95. The lowest BCUT2D eigenvalue weighted by Crippen LogP contribution is -2.30. The SMILES string of the molecule is CCC1CCN(C(=O)Cc2ccccc2CN)C1. The van der Waals surface area contributed by atoms with Crippen LogP contribution in [0.2, 0.25) is 0 Å². The van der Waals surface area contributed by atoms with Gasteiger partial charge >= 0.3 is 0 Å². The smallest absolute Gasteiger partial charge is 0.227 e. The Kier molecular flexibility index (Phi) is 4.37. The summed E-state index contributed by atoms with van der Waals surface area (Å²) in [6.45, 7) is 4.55. The van der Waals surface area contributed by atoms with Gasteiger partial charge in [-0.1, -0.05) is 37.6 Å². The minimum absolute atomic E-state index is 0.242. The van der Waals surface area contributed by atoms with Crippen LogP contribution in [-0.4, -0.2) is 23.9 Å². The van der Waals surface area contributed by atoms with Crippen molar-refractivity contribution >= 4 is 5.91 Å². The molecule has 0 aliphatic carbocycles. The molecule has 0 bridgehead atoms. The average Bonchev–Trinajstić information content (AvgIpc) is 2.88. The van der Waals surface area contributed by atoms with E-state index in [1.807, 2.05) is 29.2 Å². The van der Waals surface area contributed by atoms with Crippen LogP contribution in [0.25, 0.3) is 0 Å². The number of benzene rings is 1. The molecule has 1 amide bonds. The number of carbonyl (C=O) groups excluding carboxylic acids is 1. The van der Waals surface area contributed by atoms with E-state index in [1.165, 1.54) is 6.42 Å². The number of rotatable bonds is 4. The number of amides is 1. The predicted molar refractivity (Wildman–Crippen MR) is 73.0 cm³/mol. The van der Waals surface area contributed by atoms with Crippen LogP contribution in [-0.2, 0) is 17.8 Å². The summed E-state index contributed by atoms with van der Waals surface area (Å²) in [5.41, 5.74) is 7.85. The molecule has 18 heavy (non-hydrogen) atoms. The molecule has 1 fully saturated rings. The number of hydrogen-bond acceptors (Lipinski definition) is 2. The standard InChI is InChI=1S/C15H22N2O/c1-2-12-7-8-17(11-12)15(18)9-13-5-3-4-6-14(13)10-16/h3-6,12H,2,7-11,16H2,1H3. The van der Waals surface area contributed by atoms with Crippen molar-refractivity contribution in [2.75, 3.05) is 13.1 Å². The summed E-state index contributed by atoms with van der Waals surface area (Å²) >= 11 is 0. The van der Waals surface area contributed by atoms with Gasteiger partial charge in [0, 0.05) is 19.6 Å². The van der Waals surface area contributed by atoms with Crippen LogP contribution in [0.5, 0.6) is 0 Å². The monoisotopic (exact) mass is 246 g/mol. The molecule has 0 radical (unpaired) electrons. The van der Waals surface area contributed by atoms with Gasteiger partial charge in [0.1, 0.15) is 0 Å². The van der Waals surface area contributed by atoms with Gasteiger partial charge in [-0.05, 0) is 23.5 Å². The second kappa shape index (κ2) is 6.01. The number of carbonyl (C=O) groups is 1. The first kappa shape index (κ1) is 13.1. The molecule has 0 spiro atoms. The molecule has 98 valence electrons. The molecular formula is C15H22N2O. The molecule has 1 unspecified atom stereocenters. The van der Waals surface area contributed by atoms with Crippen molar-refractivity contribution in [2.24, 2.45) is 11.7 Å². The highest BCUT2D eigenvalue weighted by Crippen LogP contribution is 2.20. The van der Waals surface area contributed by atoms with Gasteiger partial charge in [0.25, 0.3) is 0 Å². The number of nitrogens with zero attached hydrogens (tertiary/aromatic N) is 1. The third-order valence-electron chi connectivity index (χ3n) is 3.90. The van der Waals surface area contributed by atoms with E-state index in [0.29, 0.717) is 18.9 Å². The minimum Gasteiger partial charge on any atom is -0.342 e. The van der Waals surface area contributed by atoms with Crippen LogP contribution in [0.4, 0.5) is 0 Å². The third-order valence-corrected chi connectivity index (χ3v) is 3.90. The second-order valence-electron chi connectivity index (χ2n) is 5.05. The Bertz CT molecular complexity index is 417. The lowest BCUT2D eigenvalue weighted by atomic mass is 10.0. The zero-order chi connectivity index (χ0) is 13.0. The van der Waals surface area contributed by atoms with Gasteiger partial charge in [-0.2, -0.15) is 0 Å². The Morgan fingerprint density at radius 3 is 2.72 bits per heavy atom. The summed E-state index contributed by atoms with van der Waals surface area (Å²) < 4.78 is 0. The molecule has 1 aromatic carbocycles. The van der Waals surface area contributed by atoms with E-state index >= 15 is 0 Å². The molecule has 1 aliphatic rings. The van der Waals surface area contributed by atoms with Crippen LogP contribution in [0.15, 0.2) is 24.3 Å². The number of hydrogen-bond donors (Lipinski definition) is 1. The van der Waals surface area contributed by atoms with E-state index < -0.39 is 0 Å². The highest BCUT2D eigenvalue weighted by molar-refractivity contribution is 5.79. The van der Waals surface area contributed by atoms with E-state index in [0.717, 1.165) is 30.6 Å². The normalized spacial score (nSPS) is 19.2. The molecule has 0 saturated carbocycles. The maximum Gasteiger partial charge on any atom is 0.227 e. The van der Waals surface area contributed by atoms with Crippen molar-refractivity contribution in [3.63, 3.8) is 0 Å². The molecule has 0 aromatic heterocycles. The summed E-state index contributed by atoms with van der Waals surface area (Å²) in [6.07, 6.45) is 2.81. The number of nitrogens with two attached hydrogens (primary N) is 1. The van der Waals surface area contributed by atoms with Crippen molar-refractivity contribution < 1.29 is 4.79 Å². The number of likely N-dealkylation sites (tertiary alicyclic amines) is 1. The maximum absolute atomic E-state index is 12.2. The molecule has 1 aromatic rings. The molecule has 1 heterocycles. The summed E-state index contributed by atoms with van der Waals surface area (Å²) in [4.78, 5) is 14.2. The first-order valence-electron chi connectivity index (χ1n) is 6.79. The van der Waals surface area contributed by atoms with Crippen LogP contribution in [0.3, 0.4) is 0 Å². The third kappa shape index (κ3) is 2.91. The Morgan fingerprint density at radius 1 is 1.39 bits per heavy atom. The highest BCUT2D eigenvalue weighted by Gasteiger charge is 2.25. The van der Waals surface area contributed by atoms with Crippen LogP contribution < -0.4 is 5.73 Å². The van der Waals surface area contributed by atoms with E-state index in [4.69, 9.17) is 5.73 Å². The molecule has 3 heteroatoms. The molecule has 2 rings (SSSR count). The van der Waals surface area contributed by atoms with Crippen molar-refractivity contribution in [3.05, 3.63) is 35.4 Å². The van der Waals surface area contributed by atoms with Crippen molar-refractivity contribution in [1.29, 1.82) is 0 Å².